The van der Waals surface area contributed by atoms with Gasteiger partial charge in [-0.25, -0.2) is 8.42 Å². The number of alkyl halides is 3. The molecule has 1 amide bonds. The Morgan fingerprint density at radius 3 is 2.48 bits per heavy atom. The fourth-order valence-electron chi connectivity index (χ4n) is 4.39. The molecule has 0 saturated heterocycles. The van der Waals surface area contributed by atoms with E-state index < -0.39 is 27.5 Å². The average molecular weight is 480 g/mol. The van der Waals surface area contributed by atoms with Gasteiger partial charge in [-0.05, 0) is 49.1 Å². The number of anilines is 1. The van der Waals surface area contributed by atoms with Crippen molar-refractivity contribution < 1.29 is 26.4 Å². The molecule has 1 fully saturated rings. The average Bonchev–Trinajstić information content (AvgIpc) is 3.11. The van der Waals surface area contributed by atoms with Crippen molar-refractivity contribution in [2.24, 2.45) is 5.92 Å². The number of hydrogen-bond donors (Lipinski definition) is 1. The van der Waals surface area contributed by atoms with Crippen LogP contribution in [0.2, 0.25) is 0 Å². The van der Waals surface area contributed by atoms with E-state index in [4.69, 9.17) is 0 Å². The van der Waals surface area contributed by atoms with Crippen LogP contribution in [-0.4, -0.2) is 30.4 Å². The molecule has 1 saturated carbocycles. The third-order valence-electron chi connectivity index (χ3n) is 5.96. The van der Waals surface area contributed by atoms with Crippen molar-refractivity contribution in [1.82, 2.24) is 9.78 Å². The van der Waals surface area contributed by atoms with Crippen molar-refractivity contribution in [3.63, 3.8) is 0 Å². The molecule has 0 aliphatic heterocycles. The molecule has 1 aliphatic carbocycles. The summed E-state index contributed by atoms with van der Waals surface area (Å²) >= 11 is 0. The predicted octanol–water partition coefficient (Wildman–Crippen LogP) is 5.29. The summed E-state index contributed by atoms with van der Waals surface area (Å²) in [6, 6.07) is 9.29. The van der Waals surface area contributed by atoms with Gasteiger partial charge in [0.1, 0.15) is 5.69 Å². The number of aromatic nitrogens is 2. The van der Waals surface area contributed by atoms with Gasteiger partial charge >= 0.3 is 6.18 Å². The second-order valence-electron chi connectivity index (χ2n) is 8.49. The maximum absolute atomic E-state index is 13.8. The first-order chi connectivity index (χ1) is 15.5. The SMILES string of the molecule is CS(=O)(=O)c1cccc(NC(=O)c2c3c(C(F)(F)F)cccc3nn2CC2CCCCC2)c1. The van der Waals surface area contributed by atoms with Crippen LogP contribution in [0.5, 0.6) is 0 Å². The van der Waals surface area contributed by atoms with E-state index >= 15 is 0 Å². The summed E-state index contributed by atoms with van der Waals surface area (Å²) in [5.41, 5.74) is -0.833. The summed E-state index contributed by atoms with van der Waals surface area (Å²) in [6.45, 7) is 0.345. The van der Waals surface area contributed by atoms with Gasteiger partial charge in [0.2, 0.25) is 0 Å². The maximum atomic E-state index is 13.8. The number of halogens is 3. The monoisotopic (exact) mass is 479 g/mol. The van der Waals surface area contributed by atoms with Crippen molar-refractivity contribution in [1.29, 1.82) is 0 Å². The molecule has 10 heteroatoms. The highest BCUT2D eigenvalue weighted by molar-refractivity contribution is 7.90. The van der Waals surface area contributed by atoms with Crippen LogP contribution >= 0.6 is 0 Å². The number of hydrogen-bond acceptors (Lipinski definition) is 4. The van der Waals surface area contributed by atoms with Gasteiger partial charge in [0.25, 0.3) is 5.91 Å². The van der Waals surface area contributed by atoms with Crippen LogP contribution in [0, 0.1) is 5.92 Å². The number of carbonyl (C=O) groups excluding carboxylic acids is 1. The highest BCUT2D eigenvalue weighted by Crippen LogP contribution is 2.37. The molecular formula is C23H24F3N3O3S. The standard InChI is InChI=1S/C23H24F3N3O3S/c1-33(31,32)17-10-5-9-16(13-17)27-22(30)21-20-18(23(24,25)26)11-6-12-19(20)28-29(21)14-15-7-3-2-4-8-15/h5-6,9-13,15H,2-4,7-8,14H2,1H3,(H,27,30). The lowest BCUT2D eigenvalue weighted by Gasteiger charge is -2.22. The van der Waals surface area contributed by atoms with E-state index in [-0.39, 0.29) is 33.1 Å². The number of fused-ring (bicyclic) bond motifs is 1. The van der Waals surface area contributed by atoms with Gasteiger partial charge in [0.15, 0.2) is 9.84 Å². The Morgan fingerprint density at radius 2 is 1.82 bits per heavy atom. The van der Waals surface area contributed by atoms with Crippen LogP contribution in [0.1, 0.15) is 48.2 Å². The Hall–Kier alpha value is -2.88. The molecule has 3 aromatic rings. The lowest BCUT2D eigenvalue weighted by Crippen LogP contribution is -2.23. The van der Waals surface area contributed by atoms with Gasteiger partial charge in [-0.3, -0.25) is 9.48 Å². The molecular weight excluding hydrogens is 455 g/mol. The van der Waals surface area contributed by atoms with Crippen LogP contribution in [0.25, 0.3) is 10.9 Å². The first kappa shape index (κ1) is 23.3. The van der Waals surface area contributed by atoms with E-state index in [0.29, 0.717) is 6.54 Å². The minimum Gasteiger partial charge on any atom is -0.321 e. The van der Waals surface area contributed by atoms with Gasteiger partial charge < -0.3 is 5.32 Å². The minimum absolute atomic E-state index is 0.00291. The van der Waals surface area contributed by atoms with Crippen molar-refractivity contribution in [3.8, 4) is 0 Å². The molecule has 1 aromatic heterocycles. The molecule has 6 nitrogen and oxygen atoms in total. The Morgan fingerprint density at radius 1 is 1.12 bits per heavy atom. The van der Waals surface area contributed by atoms with E-state index in [1.807, 2.05) is 0 Å². The van der Waals surface area contributed by atoms with Crippen molar-refractivity contribution in [2.45, 2.75) is 49.7 Å². The first-order valence-corrected chi connectivity index (χ1v) is 12.6. The van der Waals surface area contributed by atoms with Crippen molar-refractivity contribution in [3.05, 3.63) is 53.7 Å². The maximum Gasteiger partial charge on any atom is 0.417 e. The zero-order valence-corrected chi connectivity index (χ0v) is 18.8. The molecule has 1 aliphatic rings. The molecule has 4 rings (SSSR count). The quantitative estimate of drug-likeness (QED) is 0.539. The van der Waals surface area contributed by atoms with E-state index in [1.165, 1.54) is 41.1 Å². The molecule has 0 spiro atoms. The number of benzene rings is 2. The Balaban J connectivity index is 1.79. The number of carbonyl (C=O) groups is 1. The lowest BCUT2D eigenvalue weighted by molar-refractivity contribution is -0.136. The number of sulfone groups is 1. The summed E-state index contributed by atoms with van der Waals surface area (Å²) in [5.74, 6) is -0.543. The fraction of sp³-hybridized carbons (Fsp3) is 0.391. The molecule has 0 unspecified atom stereocenters. The molecule has 2 aromatic carbocycles. The summed E-state index contributed by atoms with van der Waals surface area (Å²) in [4.78, 5) is 13.3. The normalized spacial score (nSPS) is 15.6. The molecule has 33 heavy (non-hydrogen) atoms. The van der Waals surface area contributed by atoms with E-state index in [0.717, 1.165) is 44.4 Å². The van der Waals surface area contributed by atoms with Gasteiger partial charge in [0, 0.05) is 23.9 Å². The van der Waals surface area contributed by atoms with Crippen LogP contribution in [0.3, 0.4) is 0 Å². The van der Waals surface area contributed by atoms with Crippen molar-refractivity contribution in [2.75, 3.05) is 11.6 Å². The van der Waals surface area contributed by atoms with E-state index in [9.17, 15) is 26.4 Å². The zero-order valence-electron chi connectivity index (χ0n) is 18.0. The lowest BCUT2D eigenvalue weighted by atomic mass is 9.89. The van der Waals surface area contributed by atoms with Crippen LogP contribution in [0.15, 0.2) is 47.4 Å². The molecule has 176 valence electrons. The third kappa shape index (κ3) is 5.05. The predicted molar refractivity (Wildman–Crippen MR) is 119 cm³/mol. The first-order valence-electron chi connectivity index (χ1n) is 10.7. The van der Waals surface area contributed by atoms with Crippen LogP contribution in [0.4, 0.5) is 18.9 Å². The largest absolute Gasteiger partial charge is 0.417 e. The smallest absolute Gasteiger partial charge is 0.321 e. The number of nitrogens with zero attached hydrogens (tertiary/aromatic N) is 2. The second-order valence-corrected chi connectivity index (χ2v) is 10.5. The number of amides is 1. The Kier molecular flexibility index (Phi) is 6.22. The number of rotatable bonds is 5. The Bertz CT molecular complexity index is 1290. The molecule has 0 atom stereocenters. The zero-order chi connectivity index (χ0) is 23.8. The highest BCUT2D eigenvalue weighted by Gasteiger charge is 2.36. The highest BCUT2D eigenvalue weighted by atomic mass is 32.2. The van der Waals surface area contributed by atoms with Crippen molar-refractivity contribution >= 4 is 32.3 Å². The summed E-state index contributed by atoms with van der Waals surface area (Å²) in [6.07, 6.45) is 1.44. The van der Waals surface area contributed by atoms with Gasteiger partial charge in [-0.1, -0.05) is 31.4 Å². The van der Waals surface area contributed by atoms with Crippen LogP contribution < -0.4 is 5.32 Å². The van der Waals surface area contributed by atoms with Gasteiger partial charge in [-0.2, -0.15) is 18.3 Å². The van der Waals surface area contributed by atoms with Gasteiger partial charge in [0.05, 0.1) is 16.0 Å². The minimum atomic E-state index is -4.66. The van der Waals surface area contributed by atoms with Crippen LogP contribution in [-0.2, 0) is 22.6 Å². The van der Waals surface area contributed by atoms with Gasteiger partial charge in [-0.15, -0.1) is 0 Å². The summed E-state index contributed by atoms with van der Waals surface area (Å²) in [5, 5.41) is 6.68. The van der Waals surface area contributed by atoms with E-state index in [1.54, 1.807) is 0 Å². The Labute approximate surface area is 189 Å². The summed E-state index contributed by atoms with van der Waals surface area (Å²) in [7, 11) is -3.52. The molecule has 1 heterocycles. The molecule has 0 bridgehead atoms. The number of nitrogens with one attached hydrogen (secondary N) is 1. The fourth-order valence-corrected chi connectivity index (χ4v) is 5.06. The summed E-state index contributed by atoms with van der Waals surface area (Å²) < 4.78 is 66.5. The van der Waals surface area contributed by atoms with E-state index in [2.05, 4.69) is 10.4 Å². The molecule has 0 radical (unpaired) electrons. The third-order valence-corrected chi connectivity index (χ3v) is 7.07. The second kappa shape index (κ2) is 8.81. The molecule has 1 N–H and O–H groups in total. The topological polar surface area (TPSA) is 81.1 Å².